The lowest BCUT2D eigenvalue weighted by molar-refractivity contribution is -0.119. The molecule has 6 aromatic heterocycles. The normalized spacial score (nSPS) is 17.0. The highest BCUT2D eigenvalue weighted by Crippen LogP contribution is 2.39. The molecule has 0 bridgehead atoms. The van der Waals surface area contributed by atoms with Crippen LogP contribution in [0.25, 0.3) is 44.6 Å². The van der Waals surface area contributed by atoms with Crippen molar-refractivity contribution in [3.63, 3.8) is 0 Å². The number of fused-ring (bicyclic) bond motifs is 2. The number of aromatic nitrogens is 8. The monoisotopic (exact) mass is 797 g/mol. The molecule has 0 radical (unpaired) electrons. The summed E-state index contributed by atoms with van der Waals surface area (Å²) in [5.74, 6) is 1.11. The number of benzene rings is 1. The zero-order valence-corrected chi connectivity index (χ0v) is 32.6. The lowest BCUT2D eigenvalue weighted by atomic mass is 10.1. The molecule has 1 aromatic carbocycles. The Morgan fingerprint density at radius 3 is 1.90 bits per heavy atom. The van der Waals surface area contributed by atoms with Gasteiger partial charge < -0.3 is 34.8 Å². The van der Waals surface area contributed by atoms with Gasteiger partial charge in [0.05, 0.1) is 54.9 Å². The van der Waals surface area contributed by atoms with Gasteiger partial charge in [-0.1, -0.05) is 12.1 Å². The van der Waals surface area contributed by atoms with E-state index >= 15 is 0 Å². The van der Waals surface area contributed by atoms with Gasteiger partial charge in [-0.05, 0) is 49.2 Å². The van der Waals surface area contributed by atoms with Crippen molar-refractivity contribution in [3.05, 3.63) is 91.3 Å². The number of morpholine rings is 2. The second kappa shape index (κ2) is 16.6. The van der Waals surface area contributed by atoms with Crippen molar-refractivity contribution in [3.8, 4) is 22.8 Å². The highest BCUT2D eigenvalue weighted by Gasteiger charge is 2.32. The van der Waals surface area contributed by atoms with Crippen LogP contribution >= 0.6 is 0 Å². The van der Waals surface area contributed by atoms with Crippen molar-refractivity contribution in [1.82, 2.24) is 40.3 Å². The van der Waals surface area contributed by atoms with Gasteiger partial charge >= 0.3 is 0 Å². The third-order valence-electron chi connectivity index (χ3n) is 11.0. The molecule has 1 amide bonds. The summed E-state index contributed by atoms with van der Waals surface area (Å²) in [5, 5.41) is 15.9. The molecule has 7 aromatic rings. The van der Waals surface area contributed by atoms with Crippen LogP contribution in [0, 0.1) is 5.82 Å². The van der Waals surface area contributed by atoms with Crippen LogP contribution in [0.5, 0.6) is 0 Å². The lowest BCUT2D eigenvalue weighted by Crippen LogP contribution is -2.41. The number of nitrogens with zero attached hydrogens (tertiary/aromatic N) is 10. The molecule has 17 heteroatoms. The molecule has 16 nitrogen and oxygen atoms in total. The Bertz CT molecular complexity index is 2560. The Morgan fingerprint density at radius 1 is 0.746 bits per heavy atom. The van der Waals surface area contributed by atoms with Crippen molar-refractivity contribution >= 4 is 56.4 Å². The SMILES string of the molecule is CN(c1ccccc1F)c1cc(N2CCOCC2)nc2c(-c3ccn[nH]3)nccc12.NC(=O)[C@@H]1CCCN1c1cc(N2CCOCC2)nc2c(-c3ccn[nH]3)nccc12. The number of carbonyl (C=O) groups excluding carboxylic acids is 1. The van der Waals surface area contributed by atoms with Gasteiger partial charge in [0, 0.05) is 87.5 Å². The lowest BCUT2D eigenvalue weighted by Gasteiger charge is -2.31. The van der Waals surface area contributed by atoms with Crippen molar-refractivity contribution in [2.24, 2.45) is 5.73 Å². The molecule has 3 aliphatic heterocycles. The van der Waals surface area contributed by atoms with Crippen LogP contribution in [-0.2, 0) is 14.3 Å². The number of ether oxygens (including phenoxy) is 2. The smallest absolute Gasteiger partial charge is 0.240 e. The highest BCUT2D eigenvalue weighted by atomic mass is 19.1. The number of primary amides is 1. The fourth-order valence-corrected chi connectivity index (χ4v) is 8.04. The van der Waals surface area contributed by atoms with Crippen molar-refractivity contribution < 1.29 is 18.7 Å². The number of amides is 1. The van der Waals surface area contributed by atoms with Gasteiger partial charge in [-0.25, -0.2) is 14.4 Å². The number of halogens is 1. The largest absolute Gasteiger partial charge is 0.378 e. The molecule has 302 valence electrons. The van der Waals surface area contributed by atoms with Crippen molar-refractivity contribution in [1.29, 1.82) is 0 Å². The van der Waals surface area contributed by atoms with Gasteiger partial charge in [0.1, 0.15) is 45.9 Å². The average molecular weight is 798 g/mol. The number of carbonyl (C=O) groups is 1. The number of pyridine rings is 4. The van der Waals surface area contributed by atoms with E-state index in [1.165, 1.54) is 6.07 Å². The van der Waals surface area contributed by atoms with Gasteiger partial charge in [-0.15, -0.1) is 0 Å². The second-order valence-corrected chi connectivity index (χ2v) is 14.5. The molecule has 59 heavy (non-hydrogen) atoms. The number of rotatable bonds is 8. The number of aromatic amines is 2. The van der Waals surface area contributed by atoms with E-state index in [1.807, 2.05) is 48.3 Å². The quantitative estimate of drug-likeness (QED) is 0.185. The van der Waals surface area contributed by atoms with Crippen LogP contribution in [0.3, 0.4) is 0 Å². The van der Waals surface area contributed by atoms with Crippen LogP contribution < -0.4 is 25.3 Å². The molecule has 1 atom stereocenters. The summed E-state index contributed by atoms with van der Waals surface area (Å²) in [6, 6.07) is 18.2. The van der Waals surface area contributed by atoms with Gasteiger partial charge in [-0.3, -0.25) is 25.0 Å². The Morgan fingerprint density at radius 2 is 1.32 bits per heavy atom. The van der Waals surface area contributed by atoms with E-state index in [4.69, 9.17) is 25.2 Å². The summed E-state index contributed by atoms with van der Waals surface area (Å²) in [7, 11) is 1.87. The number of hydrogen-bond donors (Lipinski definition) is 3. The van der Waals surface area contributed by atoms with Crippen LogP contribution in [0.15, 0.2) is 85.5 Å². The first-order valence-corrected chi connectivity index (χ1v) is 19.7. The standard InChI is InChI=1S/C22H21FN6O.C20H23N7O2/c1-28(18-5-3-2-4-16(18)23)19-14-20(29-10-12-30-13-11-29)26-21-15(19)6-8-24-22(21)17-7-9-25-27-17;21-20(28)15-2-1-7-27(15)16-12-17(26-8-10-29-11-9-26)24-18-13(16)3-5-22-19(18)14-4-6-23-25-14/h2-9,14H,10-13H2,1H3,(H,25,27);3-6,12,15H,1-2,7-11H2,(H2,21,28)(H,23,25)/t;15-/m.0/s1. The molecular weight excluding hydrogens is 754 g/mol. The van der Waals surface area contributed by atoms with E-state index in [9.17, 15) is 9.18 Å². The van der Waals surface area contributed by atoms with Crippen molar-refractivity contribution in [2.45, 2.75) is 18.9 Å². The first-order valence-electron chi connectivity index (χ1n) is 19.7. The maximum Gasteiger partial charge on any atom is 0.240 e. The van der Waals surface area contributed by atoms with E-state index in [-0.39, 0.29) is 17.8 Å². The maximum absolute atomic E-state index is 14.6. The molecule has 4 N–H and O–H groups in total. The fraction of sp³-hybridized carbons (Fsp3) is 0.310. The summed E-state index contributed by atoms with van der Waals surface area (Å²) in [5.41, 5.74) is 12.6. The van der Waals surface area contributed by atoms with Crippen LogP contribution in [0.2, 0.25) is 0 Å². The number of nitrogens with one attached hydrogen (secondary N) is 2. The van der Waals surface area contributed by atoms with Gasteiger partial charge in [0.15, 0.2) is 0 Å². The summed E-state index contributed by atoms with van der Waals surface area (Å²) >= 11 is 0. The number of nitrogens with two attached hydrogens (primary N) is 1. The predicted molar refractivity (Wildman–Crippen MR) is 224 cm³/mol. The Kier molecular flexibility index (Phi) is 10.7. The first kappa shape index (κ1) is 37.8. The van der Waals surface area contributed by atoms with Crippen LogP contribution in [-0.4, -0.2) is 118 Å². The summed E-state index contributed by atoms with van der Waals surface area (Å²) in [4.78, 5) is 39.5. The third-order valence-corrected chi connectivity index (χ3v) is 11.0. The van der Waals surface area contributed by atoms with E-state index in [1.54, 1.807) is 36.9 Å². The average Bonchev–Trinajstić information content (AvgIpc) is 4.11. The maximum atomic E-state index is 14.6. The Labute approximate surface area is 339 Å². The molecule has 0 unspecified atom stereocenters. The third kappa shape index (κ3) is 7.57. The number of para-hydroxylation sites is 1. The molecule has 0 aliphatic carbocycles. The minimum Gasteiger partial charge on any atom is -0.378 e. The molecular formula is C42H44FN13O3. The number of H-pyrrole nitrogens is 2. The molecule has 10 rings (SSSR count). The van der Waals surface area contributed by atoms with Gasteiger partial charge in [0.25, 0.3) is 0 Å². The Hall–Kier alpha value is -6.72. The highest BCUT2D eigenvalue weighted by molar-refractivity contribution is 6.02. The predicted octanol–water partition coefficient (Wildman–Crippen LogP) is 5.07. The fourth-order valence-electron chi connectivity index (χ4n) is 8.04. The minimum absolute atomic E-state index is 0.277. The molecule has 0 saturated carbocycles. The first-order chi connectivity index (χ1) is 28.9. The van der Waals surface area contributed by atoms with E-state index in [0.29, 0.717) is 37.8 Å². The van der Waals surface area contributed by atoms with E-state index in [0.717, 1.165) is 107 Å². The molecule has 9 heterocycles. The van der Waals surface area contributed by atoms with Crippen molar-refractivity contribution in [2.75, 3.05) is 85.8 Å². The summed E-state index contributed by atoms with van der Waals surface area (Å²) < 4.78 is 25.6. The van der Waals surface area contributed by atoms with Crippen LogP contribution in [0.1, 0.15) is 12.8 Å². The van der Waals surface area contributed by atoms with E-state index < -0.39 is 0 Å². The minimum atomic E-state index is -0.304. The zero-order valence-electron chi connectivity index (χ0n) is 32.6. The molecule has 3 aliphatic rings. The summed E-state index contributed by atoms with van der Waals surface area (Å²) in [6.07, 6.45) is 8.61. The van der Waals surface area contributed by atoms with Gasteiger partial charge in [-0.2, -0.15) is 10.2 Å². The number of anilines is 5. The topological polar surface area (TPSA) is 183 Å². The molecule has 0 spiro atoms. The number of hydrogen-bond acceptors (Lipinski definition) is 13. The Balaban J connectivity index is 0.000000152. The molecule has 3 fully saturated rings. The summed E-state index contributed by atoms with van der Waals surface area (Å²) in [6.45, 7) is 6.48. The van der Waals surface area contributed by atoms with Crippen LogP contribution in [0.4, 0.5) is 33.1 Å². The van der Waals surface area contributed by atoms with Gasteiger partial charge in [0.2, 0.25) is 5.91 Å². The second-order valence-electron chi connectivity index (χ2n) is 14.5. The molecule has 3 saturated heterocycles. The van der Waals surface area contributed by atoms with E-state index in [2.05, 4.69) is 51.1 Å². The zero-order chi connectivity index (χ0) is 40.3.